The van der Waals surface area contributed by atoms with Crippen molar-refractivity contribution in [3.05, 3.63) is 40.4 Å². The number of fused-ring (bicyclic) bond motifs is 1. The molecule has 3 rings (SSSR count). The van der Waals surface area contributed by atoms with Crippen LogP contribution in [0.15, 0.2) is 29.1 Å². The van der Waals surface area contributed by atoms with E-state index in [0.29, 0.717) is 42.6 Å². The van der Waals surface area contributed by atoms with Crippen molar-refractivity contribution in [2.45, 2.75) is 59.0 Å². The number of amides is 1. The van der Waals surface area contributed by atoms with Crippen molar-refractivity contribution in [3.8, 4) is 0 Å². The first kappa shape index (κ1) is 17.6. The number of carbonyl (C=O) groups is 1. The van der Waals surface area contributed by atoms with Crippen LogP contribution < -0.4 is 5.56 Å². The number of hydrogen-bond donors (Lipinski definition) is 0. The van der Waals surface area contributed by atoms with Gasteiger partial charge in [-0.2, -0.15) is 0 Å². The highest BCUT2D eigenvalue weighted by molar-refractivity contribution is 5.77. The zero-order valence-electron chi connectivity index (χ0n) is 15.4. The lowest BCUT2D eigenvalue weighted by Gasteiger charge is -2.27. The Balaban J connectivity index is 1.67. The van der Waals surface area contributed by atoms with Gasteiger partial charge in [0.15, 0.2) is 0 Å². The molecule has 25 heavy (non-hydrogen) atoms. The second-order valence-corrected chi connectivity index (χ2v) is 7.28. The van der Waals surface area contributed by atoms with Crippen molar-refractivity contribution in [1.29, 1.82) is 0 Å². The first-order chi connectivity index (χ1) is 12.0. The molecule has 5 nitrogen and oxygen atoms in total. The highest BCUT2D eigenvalue weighted by Crippen LogP contribution is 2.24. The number of carbonyl (C=O) groups excluding carboxylic acids is 1. The minimum atomic E-state index is -0.0169. The molecule has 1 saturated heterocycles. The van der Waals surface area contributed by atoms with Gasteiger partial charge in [-0.05, 0) is 44.2 Å². The zero-order chi connectivity index (χ0) is 18.0. The third-order valence-electron chi connectivity index (χ3n) is 5.21. The number of hydrogen-bond acceptors (Lipinski definition) is 3. The van der Waals surface area contributed by atoms with Gasteiger partial charge in [-0.3, -0.25) is 14.2 Å². The standard InChI is InChI=1S/C20H27N3O2/c1-14(2)18-10-6-13-23(18)19(24)11-7-12-22-15(3)21-17-9-5-4-8-16(17)20(22)25/h4-5,8-9,14,18H,6-7,10-13H2,1-3H3. The predicted octanol–water partition coefficient (Wildman–Crippen LogP) is 3.13. The maximum atomic E-state index is 12.7. The van der Waals surface area contributed by atoms with Crippen LogP contribution in [-0.4, -0.2) is 32.9 Å². The van der Waals surface area contributed by atoms with Crippen LogP contribution in [0.5, 0.6) is 0 Å². The normalized spacial score (nSPS) is 17.6. The molecule has 1 unspecified atom stereocenters. The molecule has 2 aromatic rings. The lowest BCUT2D eigenvalue weighted by molar-refractivity contribution is -0.132. The summed E-state index contributed by atoms with van der Waals surface area (Å²) in [6.45, 7) is 7.62. The van der Waals surface area contributed by atoms with Crippen molar-refractivity contribution < 1.29 is 4.79 Å². The number of aromatic nitrogens is 2. The van der Waals surface area contributed by atoms with Gasteiger partial charge in [-0.25, -0.2) is 4.98 Å². The number of para-hydroxylation sites is 1. The molecular formula is C20H27N3O2. The maximum absolute atomic E-state index is 12.7. The lowest BCUT2D eigenvalue weighted by atomic mass is 10.0. The van der Waals surface area contributed by atoms with Gasteiger partial charge in [0.05, 0.1) is 10.9 Å². The molecular weight excluding hydrogens is 314 g/mol. The SMILES string of the molecule is Cc1nc2ccccc2c(=O)n1CCCC(=O)N1CCCC1C(C)C. The molecule has 0 aliphatic carbocycles. The average molecular weight is 341 g/mol. The van der Waals surface area contributed by atoms with Crippen LogP contribution in [0, 0.1) is 12.8 Å². The van der Waals surface area contributed by atoms with Crippen molar-refractivity contribution in [2.75, 3.05) is 6.54 Å². The summed E-state index contributed by atoms with van der Waals surface area (Å²) in [7, 11) is 0. The Bertz CT molecular complexity index is 825. The summed E-state index contributed by atoms with van der Waals surface area (Å²) in [5.41, 5.74) is 0.714. The van der Waals surface area contributed by atoms with Gasteiger partial charge in [0.25, 0.3) is 5.56 Å². The summed E-state index contributed by atoms with van der Waals surface area (Å²) in [4.78, 5) is 31.8. The third-order valence-corrected chi connectivity index (χ3v) is 5.21. The number of aryl methyl sites for hydroxylation is 1. The van der Waals surface area contributed by atoms with Gasteiger partial charge in [-0.15, -0.1) is 0 Å². The fourth-order valence-corrected chi connectivity index (χ4v) is 3.87. The van der Waals surface area contributed by atoms with Crippen LogP contribution in [-0.2, 0) is 11.3 Å². The highest BCUT2D eigenvalue weighted by atomic mass is 16.2. The third kappa shape index (κ3) is 3.60. The first-order valence-corrected chi connectivity index (χ1v) is 9.24. The summed E-state index contributed by atoms with van der Waals surface area (Å²) < 4.78 is 1.69. The number of nitrogens with zero attached hydrogens (tertiary/aromatic N) is 3. The van der Waals surface area contributed by atoms with Crippen molar-refractivity contribution in [1.82, 2.24) is 14.5 Å². The Labute approximate surface area is 148 Å². The molecule has 0 bridgehead atoms. The summed E-state index contributed by atoms with van der Waals surface area (Å²) in [5, 5.41) is 0.638. The van der Waals surface area contributed by atoms with Crippen molar-refractivity contribution in [2.24, 2.45) is 5.92 Å². The van der Waals surface area contributed by atoms with E-state index < -0.39 is 0 Å². The minimum absolute atomic E-state index is 0.0169. The van der Waals surface area contributed by atoms with Crippen molar-refractivity contribution >= 4 is 16.8 Å². The molecule has 1 fully saturated rings. The Kier molecular flexibility index (Phi) is 5.21. The largest absolute Gasteiger partial charge is 0.339 e. The molecule has 1 aromatic carbocycles. The van der Waals surface area contributed by atoms with Gasteiger partial charge in [-0.1, -0.05) is 26.0 Å². The fraction of sp³-hybridized carbons (Fsp3) is 0.550. The van der Waals surface area contributed by atoms with E-state index in [0.717, 1.165) is 24.9 Å². The van der Waals surface area contributed by atoms with Crippen LogP contribution in [0.25, 0.3) is 10.9 Å². The Morgan fingerprint density at radius 1 is 1.32 bits per heavy atom. The van der Waals surface area contributed by atoms with E-state index in [9.17, 15) is 9.59 Å². The topological polar surface area (TPSA) is 55.2 Å². The zero-order valence-corrected chi connectivity index (χ0v) is 15.4. The predicted molar refractivity (Wildman–Crippen MR) is 99.5 cm³/mol. The highest BCUT2D eigenvalue weighted by Gasteiger charge is 2.30. The smallest absolute Gasteiger partial charge is 0.261 e. The van der Waals surface area contributed by atoms with Crippen LogP contribution in [0.1, 0.15) is 45.4 Å². The van der Waals surface area contributed by atoms with Crippen LogP contribution >= 0.6 is 0 Å². The number of likely N-dealkylation sites (tertiary alicyclic amines) is 1. The molecule has 1 aliphatic heterocycles. The molecule has 0 N–H and O–H groups in total. The summed E-state index contributed by atoms with van der Waals surface area (Å²) in [5.74, 6) is 1.43. The molecule has 1 aliphatic rings. The molecule has 1 aromatic heterocycles. The van der Waals surface area contributed by atoms with E-state index in [2.05, 4.69) is 18.8 Å². The van der Waals surface area contributed by atoms with E-state index in [-0.39, 0.29) is 11.5 Å². The molecule has 0 radical (unpaired) electrons. The number of rotatable bonds is 5. The van der Waals surface area contributed by atoms with E-state index in [1.54, 1.807) is 4.57 Å². The van der Waals surface area contributed by atoms with Gasteiger partial charge in [0, 0.05) is 25.6 Å². The summed E-state index contributed by atoms with van der Waals surface area (Å²) in [6, 6.07) is 7.78. The van der Waals surface area contributed by atoms with E-state index in [1.807, 2.05) is 36.1 Å². The van der Waals surface area contributed by atoms with Crippen LogP contribution in [0.2, 0.25) is 0 Å². The summed E-state index contributed by atoms with van der Waals surface area (Å²) in [6.07, 6.45) is 3.36. The second kappa shape index (κ2) is 7.38. The molecule has 5 heteroatoms. The fourth-order valence-electron chi connectivity index (χ4n) is 3.87. The quantitative estimate of drug-likeness (QED) is 0.839. The summed E-state index contributed by atoms with van der Waals surface area (Å²) >= 11 is 0. The Hall–Kier alpha value is -2.17. The monoisotopic (exact) mass is 341 g/mol. The van der Waals surface area contributed by atoms with Gasteiger partial charge < -0.3 is 4.90 Å². The molecule has 1 atom stereocenters. The van der Waals surface area contributed by atoms with Crippen LogP contribution in [0.4, 0.5) is 0 Å². The first-order valence-electron chi connectivity index (χ1n) is 9.24. The molecule has 1 amide bonds. The molecule has 2 heterocycles. The van der Waals surface area contributed by atoms with E-state index in [1.165, 1.54) is 0 Å². The Morgan fingerprint density at radius 3 is 2.84 bits per heavy atom. The molecule has 0 saturated carbocycles. The van der Waals surface area contributed by atoms with E-state index >= 15 is 0 Å². The van der Waals surface area contributed by atoms with Gasteiger partial charge in [0.1, 0.15) is 5.82 Å². The second-order valence-electron chi connectivity index (χ2n) is 7.28. The lowest BCUT2D eigenvalue weighted by Crippen LogP contribution is -2.38. The average Bonchev–Trinajstić information content (AvgIpc) is 3.08. The number of benzene rings is 1. The maximum Gasteiger partial charge on any atom is 0.261 e. The molecule has 0 spiro atoms. The van der Waals surface area contributed by atoms with E-state index in [4.69, 9.17) is 0 Å². The Morgan fingerprint density at radius 2 is 2.08 bits per heavy atom. The van der Waals surface area contributed by atoms with Gasteiger partial charge >= 0.3 is 0 Å². The molecule has 134 valence electrons. The van der Waals surface area contributed by atoms with Gasteiger partial charge in [0.2, 0.25) is 5.91 Å². The van der Waals surface area contributed by atoms with Crippen LogP contribution in [0.3, 0.4) is 0 Å². The van der Waals surface area contributed by atoms with Crippen molar-refractivity contribution in [3.63, 3.8) is 0 Å². The minimum Gasteiger partial charge on any atom is -0.339 e.